The molecule has 37 heavy (non-hydrogen) atoms. The molecule has 1 heterocycles. The molecule has 0 saturated heterocycles. The number of Topliss-reactive ketones (excluding diaryl/α,β-unsaturated/α-hetero) is 1. The average Bonchev–Trinajstić information content (AvgIpc) is 3.38. The summed E-state index contributed by atoms with van der Waals surface area (Å²) in [5.74, 6) is -0.594. The van der Waals surface area contributed by atoms with Crippen molar-refractivity contribution in [1.29, 1.82) is 0 Å². The summed E-state index contributed by atoms with van der Waals surface area (Å²) < 4.78 is 0. The van der Waals surface area contributed by atoms with Gasteiger partial charge in [0.15, 0.2) is 11.6 Å². The molecule has 1 aromatic carbocycles. The highest BCUT2D eigenvalue weighted by Gasteiger charge is 2.65. The third-order valence-corrected chi connectivity index (χ3v) is 10.5. The Labute approximate surface area is 218 Å². The van der Waals surface area contributed by atoms with Crippen molar-refractivity contribution < 1.29 is 24.6 Å². The van der Waals surface area contributed by atoms with Gasteiger partial charge in [0.1, 0.15) is 5.60 Å². The first-order valence-electron chi connectivity index (χ1n) is 13.9. The highest BCUT2D eigenvalue weighted by atomic mass is 16.4. The van der Waals surface area contributed by atoms with Gasteiger partial charge in [0.2, 0.25) is 0 Å². The average molecular weight is 504 g/mol. The fourth-order valence-corrected chi connectivity index (χ4v) is 8.65. The summed E-state index contributed by atoms with van der Waals surface area (Å²) in [7, 11) is 2.12. The normalized spacial score (nSPS) is 34.5. The number of nitrogens with zero attached hydrogens (tertiary/aromatic N) is 1. The second kappa shape index (κ2) is 8.65. The van der Waals surface area contributed by atoms with Crippen LogP contribution in [0.4, 0.5) is 5.69 Å². The molecule has 4 aliphatic carbocycles. The molecular weight excluding hydrogens is 466 g/mol. The van der Waals surface area contributed by atoms with E-state index in [0.717, 1.165) is 38.6 Å². The van der Waals surface area contributed by atoms with Crippen molar-refractivity contribution in [3.63, 3.8) is 0 Å². The van der Waals surface area contributed by atoms with E-state index in [9.17, 15) is 24.6 Å². The number of hydrogen-bond acceptors (Lipinski definition) is 5. The van der Waals surface area contributed by atoms with E-state index < -0.39 is 17.0 Å². The van der Waals surface area contributed by atoms with Crippen molar-refractivity contribution in [1.82, 2.24) is 0 Å². The zero-order valence-electron chi connectivity index (χ0n) is 21.9. The molecule has 6 nitrogen and oxygen atoms in total. The van der Waals surface area contributed by atoms with E-state index in [1.54, 1.807) is 0 Å². The Bertz CT molecular complexity index is 1260. The quantitative estimate of drug-likeness (QED) is 0.603. The van der Waals surface area contributed by atoms with Gasteiger partial charge in [0.05, 0.1) is 6.42 Å². The maximum atomic E-state index is 13.4. The maximum Gasteiger partial charge on any atom is 0.303 e. The number of allylic oxidation sites excluding steroid dienone is 4. The predicted molar refractivity (Wildman–Crippen MR) is 141 cm³/mol. The van der Waals surface area contributed by atoms with Crippen LogP contribution in [-0.2, 0) is 20.8 Å². The van der Waals surface area contributed by atoms with Crippen LogP contribution in [0.1, 0.15) is 81.8 Å². The molecule has 0 aromatic heterocycles. The Morgan fingerprint density at radius 1 is 1.11 bits per heavy atom. The first-order chi connectivity index (χ1) is 17.6. The molecule has 5 aliphatic rings. The van der Waals surface area contributed by atoms with Crippen LogP contribution in [0.15, 0.2) is 41.0 Å². The lowest BCUT2D eigenvalue weighted by molar-refractivity contribution is -0.156. The molecule has 0 spiro atoms. The molecular formula is C31H37NO5. The number of carboxylic acids is 1. The van der Waals surface area contributed by atoms with Crippen LogP contribution in [0, 0.1) is 17.3 Å². The molecule has 6 rings (SSSR count). The van der Waals surface area contributed by atoms with Crippen LogP contribution in [0.2, 0.25) is 0 Å². The van der Waals surface area contributed by atoms with Crippen molar-refractivity contribution >= 4 is 23.2 Å². The smallest absolute Gasteiger partial charge is 0.303 e. The largest absolute Gasteiger partial charge is 0.481 e. The lowest BCUT2D eigenvalue weighted by atomic mass is 9.50. The number of anilines is 1. The van der Waals surface area contributed by atoms with Gasteiger partial charge in [-0.3, -0.25) is 14.4 Å². The standard InChI is InChI=1S/C31H37NO5/c1-30-17-24(18-4-8-26-20(15-18)12-14-32(26)2)29-22-7-5-21(33)16-19(22)3-6-23(29)25(30)11-13-31(30,37)27(34)9-10-28(35)36/h4,8,15-16,23-25,37H,3,5-7,9-14,17H2,1-2H3,(H,35,36)/t23-,24+,25-,30-,31-/m0/s1. The van der Waals surface area contributed by atoms with Crippen molar-refractivity contribution in [2.75, 3.05) is 18.5 Å². The monoisotopic (exact) mass is 503 g/mol. The summed E-state index contributed by atoms with van der Waals surface area (Å²) in [4.78, 5) is 39.2. The molecule has 5 atom stereocenters. The predicted octanol–water partition coefficient (Wildman–Crippen LogP) is 4.74. The number of likely N-dealkylation sites (N-methyl/N-ethyl adjacent to an activating group) is 1. The van der Waals surface area contributed by atoms with Crippen LogP contribution < -0.4 is 4.90 Å². The van der Waals surface area contributed by atoms with Crippen molar-refractivity contribution in [3.8, 4) is 0 Å². The van der Waals surface area contributed by atoms with Crippen molar-refractivity contribution in [3.05, 3.63) is 52.1 Å². The third-order valence-electron chi connectivity index (χ3n) is 10.5. The third kappa shape index (κ3) is 3.66. The molecule has 6 heteroatoms. The zero-order valence-corrected chi connectivity index (χ0v) is 21.9. The van der Waals surface area contributed by atoms with E-state index in [1.165, 1.54) is 33.5 Å². The minimum absolute atomic E-state index is 0.0752. The van der Waals surface area contributed by atoms with Gasteiger partial charge >= 0.3 is 5.97 Å². The van der Waals surface area contributed by atoms with Crippen LogP contribution >= 0.6 is 0 Å². The number of aliphatic hydroxyl groups is 1. The van der Waals surface area contributed by atoms with Gasteiger partial charge in [-0.2, -0.15) is 0 Å². The Hall–Kier alpha value is -2.73. The summed E-state index contributed by atoms with van der Waals surface area (Å²) in [6.07, 6.45) is 7.48. The van der Waals surface area contributed by atoms with Gasteiger partial charge in [0.25, 0.3) is 0 Å². The van der Waals surface area contributed by atoms with Gasteiger partial charge in [-0.25, -0.2) is 0 Å². The van der Waals surface area contributed by atoms with E-state index in [4.69, 9.17) is 0 Å². The number of rotatable bonds is 5. The minimum Gasteiger partial charge on any atom is -0.481 e. The molecule has 2 N–H and O–H groups in total. The highest BCUT2D eigenvalue weighted by molar-refractivity contribution is 5.93. The van der Waals surface area contributed by atoms with Gasteiger partial charge in [-0.05, 0) is 91.2 Å². The summed E-state index contributed by atoms with van der Waals surface area (Å²) in [6, 6.07) is 6.78. The number of fused-ring (bicyclic) bond motifs is 5. The highest BCUT2D eigenvalue weighted by Crippen LogP contribution is 2.67. The SMILES string of the molecule is CN1CCc2cc([C@H]3C[C@@]4(C)[C@@H](CC[C@]4(O)C(=O)CCC(=O)O)[C@@H]4CCC5=CC(=O)CCC5=C43)ccc21. The lowest BCUT2D eigenvalue weighted by Gasteiger charge is -2.54. The van der Waals surface area contributed by atoms with Gasteiger partial charge in [0, 0.05) is 43.5 Å². The second-order valence-electron chi connectivity index (χ2n) is 12.3. The number of ketones is 2. The number of aliphatic carboxylic acids is 1. The fourth-order valence-electron chi connectivity index (χ4n) is 8.65. The van der Waals surface area contributed by atoms with E-state index in [2.05, 4.69) is 37.1 Å². The Morgan fingerprint density at radius 2 is 1.92 bits per heavy atom. The Balaban J connectivity index is 1.47. The molecule has 2 fully saturated rings. The van der Waals surface area contributed by atoms with Crippen LogP contribution in [0.3, 0.4) is 0 Å². The van der Waals surface area contributed by atoms with Crippen LogP contribution in [0.25, 0.3) is 0 Å². The van der Waals surface area contributed by atoms with E-state index >= 15 is 0 Å². The molecule has 2 saturated carbocycles. The van der Waals surface area contributed by atoms with E-state index in [-0.39, 0.29) is 42.2 Å². The fraction of sp³-hybridized carbons (Fsp3) is 0.581. The van der Waals surface area contributed by atoms with Gasteiger partial charge in [-0.1, -0.05) is 24.6 Å². The van der Waals surface area contributed by atoms with E-state index in [1.807, 2.05) is 6.08 Å². The number of carboxylic acid groups (broad SMARTS) is 1. The van der Waals surface area contributed by atoms with Gasteiger partial charge < -0.3 is 15.1 Å². The van der Waals surface area contributed by atoms with E-state index in [0.29, 0.717) is 19.3 Å². The maximum absolute atomic E-state index is 13.4. The molecule has 196 valence electrons. The van der Waals surface area contributed by atoms with Crippen molar-refractivity contribution in [2.24, 2.45) is 17.3 Å². The number of hydrogen-bond donors (Lipinski definition) is 2. The lowest BCUT2D eigenvalue weighted by Crippen LogP contribution is -2.55. The zero-order chi connectivity index (χ0) is 26.1. The minimum atomic E-state index is -1.50. The summed E-state index contributed by atoms with van der Waals surface area (Å²) in [5.41, 5.74) is 5.73. The molecule has 0 amide bonds. The molecule has 0 radical (unpaired) electrons. The van der Waals surface area contributed by atoms with Crippen molar-refractivity contribution in [2.45, 2.75) is 82.7 Å². The van der Waals surface area contributed by atoms with Crippen LogP contribution in [0.5, 0.6) is 0 Å². The Morgan fingerprint density at radius 3 is 2.70 bits per heavy atom. The summed E-state index contributed by atoms with van der Waals surface area (Å²) >= 11 is 0. The van der Waals surface area contributed by atoms with Gasteiger partial charge in [-0.15, -0.1) is 0 Å². The first-order valence-corrected chi connectivity index (χ1v) is 13.9. The molecule has 0 bridgehead atoms. The summed E-state index contributed by atoms with van der Waals surface area (Å²) in [5, 5.41) is 21.2. The summed E-state index contributed by atoms with van der Waals surface area (Å²) in [6.45, 7) is 3.10. The Kier molecular flexibility index (Phi) is 5.75. The second-order valence-corrected chi connectivity index (χ2v) is 12.3. The molecule has 1 aromatic rings. The first kappa shape index (κ1) is 24.6. The topological polar surface area (TPSA) is 94.9 Å². The number of carbonyl (C=O) groups is 3. The van der Waals surface area contributed by atoms with Crippen LogP contribution in [-0.4, -0.2) is 46.9 Å². The number of benzene rings is 1. The molecule has 0 unspecified atom stereocenters. The molecule has 1 aliphatic heterocycles. The number of carbonyl (C=O) groups excluding carboxylic acids is 2.